The van der Waals surface area contributed by atoms with Crippen molar-refractivity contribution in [3.8, 4) is 0 Å². The van der Waals surface area contributed by atoms with E-state index in [0.717, 1.165) is 25.7 Å². The molecule has 2 rings (SSSR count). The van der Waals surface area contributed by atoms with Crippen LogP contribution in [0.15, 0.2) is 12.2 Å². The molecule has 15 heavy (non-hydrogen) atoms. The number of fused-ring (bicyclic) bond motifs is 1. The summed E-state index contributed by atoms with van der Waals surface area (Å²) in [6.07, 6.45) is 7.44. The summed E-state index contributed by atoms with van der Waals surface area (Å²) in [5, 5.41) is 0. The molecule has 2 aliphatic carbocycles. The summed E-state index contributed by atoms with van der Waals surface area (Å²) in [6.45, 7) is 3.84. The number of Topliss-reactive ketones (excluding diaryl/α,β-unsaturated/α-hetero) is 1. The number of carbonyl (C=O) groups excluding carboxylic acids is 2. The van der Waals surface area contributed by atoms with E-state index in [9.17, 15) is 9.59 Å². The fourth-order valence-corrected chi connectivity index (χ4v) is 3.00. The van der Waals surface area contributed by atoms with Crippen LogP contribution < -0.4 is 0 Å². The lowest BCUT2D eigenvalue weighted by molar-refractivity contribution is -0.129. The first-order chi connectivity index (χ1) is 7.03. The molecule has 2 aliphatic rings. The topological polar surface area (TPSA) is 34.1 Å². The minimum atomic E-state index is 0.0881. The summed E-state index contributed by atoms with van der Waals surface area (Å²) in [7, 11) is 0. The number of hydrogen-bond acceptors (Lipinski definition) is 2. The van der Waals surface area contributed by atoms with Crippen LogP contribution in [0.5, 0.6) is 0 Å². The Hall–Kier alpha value is -0.920. The molecule has 0 radical (unpaired) electrons. The third kappa shape index (κ3) is 1.77. The van der Waals surface area contributed by atoms with E-state index >= 15 is 0 Å². The summed E-state index contributed by atoms with van der Waals surface area (Å²) < 4.78 is 0. The van der Waals surface area contributed by atoms with E-state index in [1.54, 1.807) is 13.0 Å². The maximum atomic E-state index is 11.8. The molecule has 0 spiro atoms. The summed E-state index contributed by atoms with van der Waals surface area (Å²) in [6, 6.07) is 0. The average molecular weight is 206 g/mol. The highest BCUT2D eigenvalue weighted by Crippen LogP contribution is 2.48. The number of allylic oxidation sites excluding steroid dienone is 2. The van der Waals surface area contributed by atoms with E-state index in [2.05, 4.69) is 6.92 Å². The van der Waals surface area contributed by atoms with Crippen LogP contribution in [0, 0.1) is 17.3 Å². The molecule has 82 valence electrons. The van der Waals surface area contributed by atoms with Crippen LogP contribution >= 0.6 is 0 Å². The second-order valence-corrected chi connectivity index (χ2v) is 5.30. The second kappa shape index (κ2) is 3.58. The molecule has 1 saturated carbocycles. The molecular weight excluding hydrogens is 188 g/mol. The van der Waals surface area contributed by atoms with Crippen LogP contribution in [0.4, 0.5) is 0 Å². The van der Waals surface area contributed by atoms with Crippen molar-refractivity contribution in [3.63, 3.8) is 0 Å². The smallest absolute Gasteiger partial charge is 0.159 e. The normalized spacial score (nSPS) is 40.0. The van der Waals surface area contributed by atoms with E-state index in [4.69, 9.17) is 0 Å². The van der Waals surface area contributed by atoms with Gasteiger partial charge in [-0.1, -0.05) is 13.0 Å². The molecule has 0 aromatic carbocycles. The minimum Gasteiger partial charge on any atom is -0.300 e. The van der Waals surface area contributed by atoms with E-state index < -0.39 is 0 Å². The van der Waals surface area contributed by atoms with Gasteiger partial charge in [0.05, 0.1) is 0 Å². The van der Waals surface area contributed by atoms with Gasteiger partial charge >= 0.3 is 0 Å². The molecule has 0 aromatic rings. The Balaban J connectivity index is 2.21. The van der Waals surface area contributed by atoms with Crippen molar-refractivity contribution in [2.45, 2.75) is 39.5 Å². The first-order valence-electron chi connectivity index (χ1n) is 5.74. The van der Waals surface area contributed by atoms with Crippen molar-refractivity contribution >= 4 is 11.6 Å². The molecule has 0 heterocycles. The lowest BCUT2D eigenvalue weighted by Gasteiger charge is -2.44. The zero-order valence-corrected chi connectivity index (χ0v) is 9.45. The maximum absolute atomic E-state index is 11.8. The van der Waals surface area contributed by atoms with Gasteiger partial charge in [-0.15, -0.1) is 0 Å². The van der Waals surface area contributed by atoms with Gasteiger partial charge in [-0.2, -0.15) is 0 Å². The van der Waals surface area contributed by atoms with Gasteiger partial charge < -0.3 is 0 Å². The SMILES string of the molecule is CC(=O)[C@@H]1CC[C@]2(C)CC=CC(=O)[C@@H]2C1. The lowest BCUT2D eigenvalue weighted by Crippen LogP contribution is -2.41. The summed E-state index contributed by atoms with van der Waals surface area (Å²) in [4.78, 5) is 23.2. The van der Waals surface area contributed by atoms with Crippen LogP contribution in [-0.2, 0) is 9.59 Å². The molecule has 0 amide bonds. The van der Waals surface area contributed by atoms with Crippen molar-refractivity contribution in [3.05, 3.63) is 12.2 Å². The number of rotatable bonds is 1. The zero-order chi connectivity index (χ0) is 11.1. The molecule has 3 atom stereocenters. The molecule has 0 bridgehead atoms. The third-order valence-corrected chi connectivity index (χ3v) is 4.21. The molecule has 0 unspecified atom stereocenters. The first kappa shape index (κ1) is 10.6. The quantitative estimate of drug-likeness (QED) is 0.660. The minimum absolute atomic E-state index is 0.0881. The fourth-order valence-electron chi connectivity index (χ4n) is 3.00. The number of ketones is 2. The molecule has 0 aliphatic heterocycles. The molecule has 0 saturated heterocycles. The van der Waals surface area contributed by atoms with Gasteiger partial charge in [0.15, 0.2) is 5.78 Å². The van der Waals surface area contributed by atoms with Crippen LogP contribution in [-0.4, -0.2) is 11.6 Å². The Kier molecular flexibility index (Phi) is 2.53. The first-order valence-corrected chi connectivity index (χ1v) is 5.74. The maximum Gasteiger partial charge on any atom is 0.159 e. The molecule has 2 heteroatoms. The predicted molar refractivity (Wildman–Crippen MR) is 58.4 cm³/mol. The summed E-state index contributed by atoms with van der Waals surface area (Å²) in [5.74, 6) is 0.692. The van der Waals surface area contributed by atoms with Crippen molar-refractivity contribution in [1.82, 2.24) is 0 Å². The molecule has 2 nitrogen and oxygen atoms in total. The van der Waals surface area contributed by atoms with E-state index in [-0.39, 0.29) is 28.8 Å². The largest absolute Gasteiger partial charge is 0.300 e. The summed E-state index contributed by atoms with van der Waals surface area (Å²) >= 11 is 0. The van der Waals surface area contributed by atoms with Gasteiger partial charge in [-0.3, -0.25) is 9.59 Å². The van der Waals surface area contributed by atoms with Crippen LogP contribution in [0.2, 0.25) is 0 Å². The number of hydrogen-bond donors (Lipinski definition) is 0. The van der Waals surface area contributed by atoms with E-state index in [1.807, 2.05) is 6.08 Å². The average Bonchev–Trinajstić information content (AvgIpc) is 2.17. The van der Waals surface area contributed by atoms with E-state index in [1.165, 1.54) is 0 Å². The van der Waals surface area contributed by atoms with Crippen molar-refractivity contribution < 1.29 is 9.59 Å². The highest BCUT2D eigenvalue weighted by atomic mass is 16.1. The summed E-state index contributed by atoms with van der Waals surface area (Å²) in [5.41, 5.74) is 0.123. The van der Waals surface area contributed by atoms with Gasteiger partial charge in [-0.25, -0.2) is 0 Å². The molecular formula is C13H18O2. The predicted octanol–water partition coefficient (Wildman–Crippen LogP) is 2.53. The van der Waals surface area contributed by atoms with Crippen LogP contribution in [0.25, 0.3) is 0 Å². The highest BCUT2D eigenvalue weighted by molar-refractivity contribution is 5.94. The van der Waals surface area contributed by atoms with E-state index in [0.29, 0.717) is 0 Å². The molecule has 1 fully saturated rings. The highest BCUT2D eigenvalue weighted by Gasteiger charge is 2.44. The molecule has 0 aromatic heterocycles. The lowest BCUT2D eigenvalue weighted by atomic mass is 9.59. The second-order valence-electron chi connectivity index (χ2n) is 5.30. The van der Waals surface area contributed by atoms with Gasteiger partial charge in [0.2, 0.25) is 0 Å². The van der Waals surface area contributed by atoms with Crippen LogP contribution in [0.1, 0.15) is 39.5 Å². The van der Waals surface area contributed by atoms with Gasteiger partial charge in [0, 0.05) is 11.8 Å². The Morgan fingerprint density at radius 3 is 2.93 bits per heavy atom. The monoisotopic (exact) mass is 206 g/mol. The fraction of sp³-hybridized carbons (Fsp3) is 0.692. The zero-order valence-electron chi connectivity index (χ0n) is 9.45. The van der Waals surface area contributed by atoms with Crippen molar-refractivity contribution in [1.29, 1.82) is 0 Å². The Morgan fingerprint density at radius 1 is 1.53 bits per heavy atom. The van der Waals surface area contributed by atoms with Crippen molar-refractivity contribution in [2.24, 2.45) is 17.3 Å². The van der Waals surface area contributed by atoms with Gasteiger partial charge in [0.25, 0.3) is 0 Å². The Bertz CT molecular complexity index is 329. The third-order valence-electron chi connectivity index (χ3n) is 4.21. The number of carbonyl (C=O) groups is 2. The van der Waals surface area contributed by atoms with Gasteiger partial charge in [0.1, 0.15) is 5.78 Å². The molecule has 0 N–H and O–H groups in total. The Labute approximate surface area is 90.7 Å². The van der Waals surface area contributed by atoms with Gasteiger partial charge in [-0.05, 0) is 44.1 Å². The van der Waals surface area contributed by atoms with Crippen molar-refractivity contribution in [2.75, 3.05) is 0 Å². The van der Waals surface area contributed by atoms with Crippen LogP contribution in [0.3, 0.4) is 0 Å². The standard InChI is InChI=1S/C13H18O2/c1-9(14)10-5-7-13(2)6-3-4-12(15)11(13)8-10/h3-4,10-11H,5-8H2,1-2H3/t10-,11+,13+/m1/s1. The Morgan fingerprint density at radius 2 is 2.27 bits per heavy atom.